The van der Waals surface area contributed by atoms with Crippen molar-refractivity contribution in [2.75, 3.05) is 25.1 Å². The minimum atomic E-state index is -0.186. The molecular formula is C10H14BrN3O2. The van der Waals surface area contributed by atoms with Gasteiger partial charge in [0.1, 0.15) is 0 Å². The molecule has 0 saturated carbocycles. The molecule has 0 aliphatic carbocycles. The van der Waals surface area contributed by atoms with Gasteiger partial charge in [-0.3, -0.25) is 0 Å². The highest BCUT2D eigenvalue weighted by Gasteiger charge is 2.19. The van der Waals surface area contributed by atoms with Gasteiger partial charge in [-0.15, -0.1) is 0 Å². The van der Waals surface area contributed by atoms with Crippen LogP contribution in [0.3, 0.4) is 0 Å². The topological polar surface area (TPSA) is 58.5 Å². The molecule has 88 valence electrons. The second-order valence-corrected chi connectivity index (χ2v) is 4.60. The lowest BCUT2D eigenvalue weighted by Gasteiger charge is -2.29. The lowest BCUT2D eigenvalue weighted by atomic mass is 10.1. The van der Waals surface area contributed by atoms with Crippen LogP contribution < -0.4 is 9.64 Å². The first-order valence-electron chi connectivity index (χ1n) is 5.20. The average Bonchev–Trinajstić information content (AvgIpc) is 2.31. The van der Waals surface area contributed by atoms with E-state index in [9.17, 15) is 5.11 Å². The summed E-state index contributed by atoms with van der Waals surface area (Å²) in [5.41, 5.74) is 0. The summed E-state index contributed by atoms with van der Waals surface area (Å²) in [5, 5.41) is 9.42. The number of aliphatic hydroxyl groups is 1. The van der Waals surface area contributed by atoms with Gasteiger partial charge in [-0.1, -0.05) is 0 Å². The summed E-state index contributed by atoms with van der Waals surface area (Å²) in [7, 11) is 1.58. The normalized spacial score (nSPS) is 17.6. The van der Waals surface area contributed by atoms with Crippen molar-refractivity contribution in [1.82, 2.24) is 9.97 Å². The molecule has 0 radical (unpaired) electrons. The Balaban J connectivity index is 2.14. The van der Waals surface area contributed by atoms with Crippen molar-refractivity contribution in [2.45, 2.75) is 18.9 Å². The average molecular weight is 288 g/mol. The van der Waals surface area contributed by atoms with Crippen LogP contribution >= 0.6 is 15.9 Å². The van der Waals surface area contributed by atoms with Crippen LogP contribution in [0.4, 0.5) is 5.95 Å². The third-order valence-corrected chi connectivity index (χ3v) is 3.18. The highest BCUT2D eigenvalue weighted by molar-refractivity contribution is 9.10. The summed E-state index contributed by atoms with van der Waals surface area (Å²) in [6.07, 6.45) is 3.03. The minimum Gasteiger partial charge on any atom is -0.480 e. The molecule has 1 fully saturated rings. The van der Waals surface area contributed by atoms with Crippen molar-refractivity contribution in [3.63, 3.8) is 0 Å². The van der Waals surface area contributed by atoms with Crippen LogP contribution in [-0.2, 0) is 0 Å². The van der Waals surface area contributed by atoms with Gasteiger partial charge in [-0.05, 0) is 28.8 Å². The largest absolute Gasteiger partial charge is 0.480 e. The second-order valence-electron chi connectivity index (χ2n) is 3.75. The molecule has 1 aromatic rings. The monoisotopic (exact) mass is 287 g/mol. The van der Waals surface area contributed by atoms with Crippen molar-refractivity contribution < 1.29 is 9.84 Å². The molecule has 6 heteroatoms. The van der Waals surface area contributed by atoms with Gasteiger partial charge >= 0.3 is 0 Å². The summed E-state index contributed by atoms with van der Waals surface area (Å²) in [6.45, 7) is 1.57. The molecule has 0 spiro atoms. The van der Waals surface area contributed by atoms with Crippen LogP contribution in [0, 0.1) is 0 Å². The standard InChI is InChI=1S/C10H14BrN3O2/c1-16-9-8(11)6-12-10(13-9)14-4-2-7(15)3-5-14/h6-7,15H,2-5H2,1H3. The third-order valence-electron chi connectivity index (χ3n) is 2.64. The zero-order valence-electron chi connectivity index (χ0n) is 9.06. The van der Waals surface area contributed by atoms with E-state index in [4.69, 9.17) is 4.74 Å². The zero-order chi connectivity index (χ0) is 11.5. The molecule has 0 aromatic carbocycles. The van der Waals surface area contributed by atoms with Gasteiger partial charge in [0, 0.05) is 13.1 Å². The number of methoxy groups -OCH3 is 1. The predicted molar refractivity (Wildman–Crippen MR) is 63.7 cm³/mol. The molecule has 0 amide bonds. The van der Waals surface area contributed by atoms with E-state index in [-0.39, 0.29) is 6.10 Å². The second kappa shape index (κ2) is 4.97. The van der Waals surface area contributed by atoms with Gasteiger partial charge in [0.25, 0.3) is 0 Å². The van der Waals surface area contributed by atoms with E-state index in [0.29, 0.717) is 11.8 Å². The van der Waals surface area contributed by atoms with Gasteiger partial charge in [-0.2, -0.15) is 4.98 Å². The summed E-state index contributed by atoms with van der Waals surface area (Å²) in [4.78, 5) is 10.6. The van der Waals surface area contributed by atoms with E-state index in [1.165, 1.54) is 0 Å². The lowest BCUT2D eigenvalue weighted by Crippen LogP contribution is -2.36. The quantitative estimate of drug-likeness (QED) is 0.886. The van der Waals surface area contributed by atoms with Gasteiger partial charge in [-0.25, -0.2) is 4.98 Å². The number of rotatable bonds is 2. The molecule has 0 atom stereocenters. The number of piperidine rings is 1. The Morgan fingerprint density at radius 2 is 2.19 bits per heavy atom. The first-order chi connectivity index (χ1) is 7.70. The van der Waals surface area contributed by atoms with Crippen LogP contribution in [0.2, 0.25) is 0 Å². The number of ether oxygens (including phenoxy) is 1. The van der Waals surface area contributed by atoms with E-state index in [2.05, 4.69) is 30.8 Å². The Hall–Kier alpha value is -0.880. The Bertz CT molecular complexity index is 367. The summed E-state index contributed by atoms with van der Waals surface area (Å²) < 4.78 is 5.87. The predicted octanol–water partition coefficient (Wildman–Crippen LogP) is 1.21. The molecule has 1 aliphatic heterocycles. The van der Waals surface area contributed by atoms with E-state index in [1.54, 1.807) is 13.3 Å². The highest BCUT2D eigenvalue weighted by atomic mass is 79.9. The van der Waals surface area contributed by atoms with E-state index >= 15 is 0 Å². The molecule has 2 rings (SSSR count). The molecule has 0 unspecified atom stereocenters. The smallest absolute Gasteiger partial charge is 0.232 e. The van der Waals surface area contributed by atoms with Crippen molar-refractivity contribution in [1.29, 1.82) is 0 Å². The fourth-order valence-electron chi connectivity index (χ4n) is 1.70. The van der Waals surface area contributed by atoms with Crippen LogP contribution in [0.25, 0.3) is 0 Å². The van der Waals surface area contributed by atoms with Crippen molar-refractivity contribution >= 4 is 21.9 Å². The molecular weight excluding hydrogens is 274 g/mol. The number of hydrogen-bond acceptors (Lipinski definition) is 5. The Morgan fingerprint density at radius 1 is 1.50 bits per heavy atom. The maximum Gasteiger partial charge on any atom is 0.232 e. The number of aromatic nitrogens is 2. The van der Waals surface area contributed by atoms with Crippen LogP contribution in [0.1, 0.15) is 12.8 Å². The summed E-state index contributed by atoms with van der Waals surface area (Å²) >= 11 is 3.32. The maximum atomic E-state index is 9.42. The molecule has 0 bridgehead atoms. The van der Waals surface area contributed by atoms with Gasteiger partial charge in [0.05, 0.1) is 23.9 Å². The maximum absolute atomic E-state index is 9.42. The number of hydrogen-bond donors (Lipinski definition) is 1. The fourth-order valence-corrected chi connectivity index (χ4v) is 2.06. The number of aliphatic hydroxyl groups excluding tert-OH is 1. The molecule has 5 nitrogen and oxygen atoms in total. The zero-order valence-corrected chi connectivity index (χ0v) is 10.6. The first-order valence-corrected chi connectivity index (χ1v) is 5.99. The summed E-state index contributed by atoms with van der Waals surface area (Å²) in [6, 6.07) is 0. The first kappa shape index (κ1) is 11.6. The van der Waals surface area contributed by atoms with Crippen LogP contribution in [-0.4, -0.2) is 41.4 Å². The third kappa shape index (κ3) is 2.44. The van der Waals surface area contributed by atoms with Crippen molar-refractivity contribution in [3.05, 3.63) is 10.7 Å². The number of anilines is 1. The molecule has 1 N–H and O–H groups in total. The van der Waals surface area contributed by atoms with Crippen LogP contribution in [0.5, 0.6) is 5.88 Å². The minimum absolute atomic E-state index is 0.186. The number of nitrogens with zero attached hydrogens (tertiary/aromatic N) is 3. The van der Waals surface area contributed by atoms with Gasteiger partial charge < -0.3 is 14.7 Å². The Kier molecular flexibility index (Phi) is 3.60. The molecule has 1 saturated heterocycles. The Labute approximate surface area is 103 Å². The summed E-state index contributed by atoms with van der Waals surface area (Å²) in [5.74, 6) is 1.20. The molecule has 1 aliphatic rings. The van der Waals surface area contributed by atoms with E-state index in [1.807, 2.05) is 0 Å². The Morgan fingerprint density at radius 3 is 2.81 bits per heavy atom. The highest BCUT2D eigenvalue weighted by Crippen LogP contribution is 2.24. The van der Waals surface area contributed by atoms with Crippen molar-refractivity contribution in [2.24, 2.45) is 0 Å². The van der Waals surface area contributed by atoms with Gasteiger partial charge in [0.15, 0.2) is 0 Å². The van der Waals surface area contributed by atoms with Gasteiger partial charge in [0.2, 0.25) is 11.8 Å². The van der Waals surface area contributed by atoms with E-state index < -0.39 is 0 Å². The molecule has 1 aromatic heterocycles. The fraction of sp³-hybridized carbons (Fsp3) is 0.600. The van der Waals surface area contributed by atoms with Crippen LogP contribution in [0.15, 0.2) is 10.7 Å². The number of halogens is 1. The van der Waals surface area contributed by atoms with Crippen molar-refractivity contribution in [3.8, 4) is 5.88 Å². The molecule has 2 heterocycles. The lowest BCUT2D eigenvalue weighted by molar-refractivity contribution is 0.145. The molecule has 16 heavy (non-hydrogen) atoms. The van der Waals surface area contributed by atoms with E-state index in [0.717, 1.165) is 30.4 Å². The SMILES string of the molecule is COc1nc(N2CCC(O)CC2)ncc1Br.